The molecule has 0 bridgehead atoms. The molecule has 2 rings (SSSR count). The number of hydrogen-bond donors (Lipinski definition) is 3. The Kier molecular flexibility index (Phi) is 5.43. The molecule has 0 saturated carbocycles. The van der Waals surface area contributed by atoms with E-state index in [0.29, 0.717) is 10.8 Å². The second-order valence-electron chi connectivity index (χ2n) is 4.64. The third kappa shape index (κ3) is 4.89. The van der Waals surface area contributed by atoms with E-state index in [1.165, 1.54) is 12.1 Å². The zero-order valence-corrected chi connectivity index (χ0v) is 12.7. The fourth-order valence-electron chi connectivity index (χ4n) is 1.78. The van der Waals surface area contributed by atoms with Crippen molar-refractivity contribution in [1.29, 1.82) is 0 Å². The average molecular weight is 336 g/mol. The van der Waals surface area contributed by atoms with Gasteiger partial charge in [0.25, 0.3) is 0 Å². The molecule has 0 fully saturated rings. The van der Waals surface area contributed by atoms with Crippen molar-refractivity contribution in [3.63, 3.8) is 0 Å². The number of amides is 1. The molecule has 0 atom stereocenters. The molecule has 0 aliphatic carbocycles. The van der Waals surface area contributed by atoms with Crippen LogP contribution in [0.3, 0.4) is 0 Å². The highest BCUT2D eigenvalue weighted by Crippen LogP contribution is 2.24. The van der Waals surface area contributed by atoms with Crippen molar-refractivity contribution in [2.45, 2.75) is 6.42 Å². The lowest BCUT2D eigenvalue weighted by Crippen LogP contribution is -2.15. The maximum absolute atomic E-state index is 11.8. The predicted octanol–water partition coefficient (Wildman–Crippen LogP) is 3.15. The molecule has 0 saturated heterocycles. The van der Waals surface area contributed by atoms with E-state index in [4.69, 9.17) is 21.4 Å². The summed E-state index contributed by atoms with van der Waals surface area (Å²) < 4.78 is 5.39. The third-order valence-electron chi connectivity index (χ3n) is 2.93. The van der Waals surface area contributed by atoms with Crippen LogP contribution >= 0.6 is 11.6 Å². The Labute approximate surface area is 137 Å². The summed E-state index contributed by atoms with van der Waals surface area (Å²) in [6.45, 7) is 0.154. The van der Waals surface area contributed by atoms with E-state index in [-0.39, 0.29) is 35.9 Å². The number of anilines is 1. The largest absolute Gasteiger partial charge is 0.506 e. The van der Waals surface area contributed by atoms with E-state index in [9.17, 15) is 14.7 Å². The van der Waals surface area contributed by atoms with Gasteiger partial charge in [0.1, 0.15) is 11.5 Å². The fraction of sp³-hybridized carbons (Fsp3) is 0.125. The summed E-state index contributed by atoms with van der Waals surface area (Å²) in [7, 11) is 0. The first-order valence-electron chi connectivity index (χ1n) is 6.70. The number of carbonyl (C=O) groups excluding carboxylic acids is 1. The number of aromatic hydroxyl groups is 1. The van der Waals surface area contributed by atoms with Gasteiger partial charge < -0.3 is 20.3 Å². The summed E-state index contributed by atoms with van der Waals surface area (Å²) >= 11 is 5.75. The Balaban J connectivity index is 1.85. The lowest BCUT2D eigenvalue weighted by molar-refractivity contribution is -0.116. The summed E-state index contributed by atoms with van der Waals surface area (Å²) in [5, 5.41) is 21.6. The van der Waals surface area contributed by atoms with Crippen molar-refractivity contribution in [2.75, 3.05) is 11.9 Å². The fourth-order valence-corrected chi connectivity index (χ4v) is 1.90. The molecule has 0 unspecified atom stereocenters. The minimum Gasteiger partial charge on any atom is -0.506 e. The molecule has 120 valence electrons. The normalized spacial score (nSPS) is 10.1. The van der Waals surface area contributed by atoms with E-state index in [1.54, 1.807) is 24.3 Å². The minimum absolute atomic E-state index is 0.0634. The first-order chi connectivity index (χ1) is 11.0. The Morgan fingerprint density at radius 2 is 1.83 bits per heavy atom. The SMILES string of the molecule is O=C(CCOc1ccc(Cl)cc1)Nc1ccc(C(=O)O)cc1O. The summed E-state index contributed by atoms with van der Waals surface area (Å²) in [5.74, 6) is -1.24. The first kappa shape index (κ1) is 16.6. The van der Waals surface area contributed by atoms with Crippen molar-refractivity contribution in [1.82, 2.24) is 0 Å². The van der Waals surface area contributed by atoms with Crippen LogP contribution in [-0.4, -0.2) is 28.7 Å². The van der Waals surface area contributed by atoms with Gasteiger partial charge in [0.2, 0.25) is 5.91 Å². The summed E-state index contributed by atoms with van der Waals surface area (Å²) in [6, 6.07) is 10.4. The molecule has 0 radical (unpaired) electrons. The van der Waals surface area contributed by atoms with Crippen LogP contribution in [0.1, 0.15) is 16.8 Å². The number of nitrogens with one attached hydrogen (secondary N) is 1. The predicted molar refractivity (Wildman–Crippen MR) is 85.3 cm³/mol. The summed E-state index contributed by atoms with van der Waals surface area (Å²) in [5.41, 5.74) is 0.0815. The van der Waals surface area contributed by atoms with E-state index in [0.717, 1.165) is 6.07 Å². The van der Waals surface area contributed by atoms with Gasteiger partial charge in [-0.15, -0.1) is 0 Å². The summed E-state index contributed by atoms with van der Waals surface area (Å²) in [4.78, 5) is 22.5. The van der Waals surface area contributed by atoms with Crippen LogP contribution in [0.2, 0.25) is 5.02 Å². The first-order valence-corrected chi connectivity index (χ1v) is 7.08. The van der Waals surface area contributed by atoms with E-state index in [1.807, 2.05) is 0 Å². The Morgan fingerprint density at radius 1 is 1.13 bits per heavy atom. The number of ether oxygens (including phenoxy) is 1. The number of aromatic carboxylic acids is 1. The van der Waals surface area contributed by atoms with Gasteiger partial charge in [-0.3, -0.25) is 4.79 Å². The van der Waals surface area contributed by atoms with Crippen molar-refractivity contribution in [3.05, 3.63) is 53.1 Å². The monoisotopic (exact) mass is 335 g/mol. The van der Waals surface area contributed by atoms with Crippen molar-refractivity contribution in [3.8, 4) is 11.5 Å². The minimum atomic E-state index is -1.16. The zero-order valence-electron chi connectivity index (χ0n) is 12.0. The standard InChI is InChI=1S/C16H14ClNO5/c17-11-2-4-12(5-3-11)23-8-7-15(20)18-13-6-1-10(16(21)22)9-14(13)19/h1-6,9,19H,7-8H2,(H,18,20)(H,21,22). The number of carboxylic acids is 1. The van der Waals surface area contributed by atoms with Crippen LogP contribution in [0.15, 0.2) is 42.5 Å². The molecule has 2 aromatic carbocycles. The molecule has 1 amide bonds. The molecule has 3 N–H and O–H groups in total. The molecule has 2 aromatic rings. The van der Waals surface area contributed by atoms with Gasteiger partial charge in [0.15, 0.2) is 0 Å². The molecular weight excluding hydrogens is 322 g/mol. The quantitative estimate of drug-likeness (QED) is 0.705. The second kappa shape index (κ2) is 7.51. The van der Waals surface area contributed by atoms with Gasteiger partial charge in [0, 0.05) is 5.02 Å². The van der Waals surface area contributed by atoms with Gasteiger partial charge in [-0.25, -0.2) is 4.79 Å². The molecular formula is C16H14ClNO5. The van der Waals surface area contributed by atoms with Crippen molar-refractivity contribution in [2.24, 2.45) is 0 Å². The molecule has 6 nitrogen and oxygen atoms in total. The molecule has 0 spiro atoms. The number of rotatable bonds is 6. The topological polar surface area (TPSA) is 95.9 Å². The smallest absolute Gasteiger partial charge is 0.335 e. The van der Waals surface area contributed by atoms with Crippen LogP contribution < -0.4 is 10.1 Å². The van der Waals surface area contributed by atoms with Gasteiger partial charge >= 0.3 is 5.97 Å². The third-order valence-corrected chi connectivity index (χ3v) is 3.18. The van der Waals surface area contributed by atoms with Gasteiger partial charge in [0.05, 0.1) is 24.3 Å². The summed E-state index contributed by atoms with van der Waals surface area (Å²) in [6.07, 6.45) is 0.0722. The van der Waals surface area contributed by atoms with E-state index in [2.05, 4.69) is 5.32 Å². The van der Waals surface area contributed by atoms with Crippen LogP contribution in [0, 0.1) is 0 Å². The van der Waals surface area contributed by atoms with Crippen LogP contribution in [0.4, 0.5) is 5.69 Å². The highest BCUT2D eigenvalue weighted by atomic mass is 35.5. The Bertz CT molecular complexity index is 715. The molecule has 23 heavy (non-hydrogen) atoms. The number of carboxylic acid groups (broad SMARTS) is 1. The molecule has 0 aromatic heterocycles. The van der Waals surface area contributed by atoms with Crippen LogP contribution in [-0.2, 0) is 4.79 Å². The van der Waals surface area contributed by atoms with Gasteiger partial charge in [-0.1, -0.05) is 11.6 Å². The molecule has 7 heteroatoms. The highest BCUT2D eigenvalue weighted by Gasteiger charge is 2.10. The maximum atomic E-state index is 11.8. The zero-order chi connectivity index (χ0) is 16.8. The number of halogens is 1. The van der Waals surface area contributed by atoms with E-state index < -0.39 is 5.97 Å². The lowest BCUT2D eigenvalue weighted by atomic mass is 10.2. The van der Waals surface area contributed by atoms with E-state index >= 15 is 0 Å². The maximum Gasteiger partial charge on any atom is 0.335 e. The molecule has 0 aliphatic heterocycles. The van der Waals surface area contributed by atoms with Crippen LogP contribution in [0.5, 0.6) is 11.5 Å². The second-order valence-corrected chi connectivity index (χ2v) is 5.07. The average Bonchev–Trinajstić information content (AvgIpc) is 2.51. The highest BCUT2D eigenvalue weighted by molar-refractivity contribution is 6.30. The van der Waals surface area contributed by atoms with Gasteiger partial charge in [-0.05, 0) is 42.5 Å². The van der Waals surface area contributed by atoms with Crippen molar-refractivity contribution < 1.29 is 24.5 Å². The lowest BCUT2D eigenvalue weighted by Gasteiger charge is -2.09. The number of phenolic OH excluding ortho intramolecular Hbond substituents is 1. The van der Waals surface area contributed by atoms with Crippen LogP contribution in [0.25, 0.3) is 0 Å². The molecule has 0 heterocycles. The van der Waals surface area contributed by atoms with Crippen molar-refractivity contribution >= 4 is 29.2 Å². The number of phenols is 1. The number of carbonyl (C=O) groups is 2. The Morgan fingerprint density at radius 3 is 2.43 bits per heavy atom. The number of hydrogen-bond acceptors (Lipinski definition) is 4. The Hall–Kier alpha value is -2.73. The van der Waals surface area contributed by atoms with Gasteiger partial charge in [-0.2, -0.15) is 0 Å². The molecule has 0 aliphatic rings. The number of benzene rings is 2.